The van der Waals surface area contributed by atoms with Gasteiger partial charge in [-0.3, -0.25) is 0 Å². The normalized spacial score (nSPS) is 11.4. The minimum atomic E-state index is -0.589. The number of unbranched alkanes of at least 4 members (excludes halogenated alkanes) is 3. The van der Waals surface area contributed by atoms with Gasteiger partial charge in [-0.15, -0.1) is 0 Å². The molecular formula is C9H18N2O2S. The van der Waals surface area contributed by atoms with Crippen molar-refractivity contribution in [2.75, 3.05) is 12.9 Å². The highest BCUT2D eigenvalue weighted by molar-refractivity contribution is 8.13. The van der Waals surface area contributed by atoms with Gasteiger partial charge in [-0.25, -0.2) is 4.79 Å². The standard InChI is InChI=1S/C9H18N2O2S/c1-3-4-5-6-7-13-9(12)11-8(10)14-2/h3-7H2,1-2H3,(H2,10,11,12). The van der Waals surface area contributed by atoms with Gasteiger partial charge in [-0.2, -0.15) is 4.99 Å². The predicted octanol–water partition coefficient (Wildman–Crippen LogP) is 2.38. The molecule has 0 spiro atoms. The summed E-state index contributed by atoms with van der Waals surface area (Å²) in [4.78, 5) is 14.5. The van der Waals surface area contributed by atoms with Gasteiger partial charge in [0.25, 0.3) is 0 Å². The zero-order valence-electron chi connectivity index (χ0n) is 8.78. The van der Waals surface area contributed by atoms with Crippen molar-refractivity contribution in [1.82, 2.24) is 0 Å². The van der Waals surface area contributed by atoms with Crippen LogP contribution < -0.4 is 5.73 Å². The lowest BCUT2D eigenvalue weighted by Gasteiger charge is -2.00. The van der Waals surface area contributed by atoms with Gasteiger partial charge in [0.15, 0.2) is 5.17 Å². The van der Waals surface area contributed by atoms with Crippen molar-refractivity contribution in [2.45, 2.75) is 32.6 Å². The molecule has 1 amide bonds. The third kappa shape index (κ3) is 7.91. The van der Waals surface area contributed by atoms with E-state index in [9.17, 15) is 4.79 Å². The fourth-order valence-electron chi connectivity index (χ4n) is 0.856. The van der Waals surface area contributed by atoms with Crippen molar-refractivity contribution in [1.29, 1.82) is 0 Å². The number of nitrogens with zero attached hydrogens (tertiary/aromatic N) is 1. The second-order valence-corrected chi connectivity index (χ2v) is 3.66. The molecule has 0 heterocycles. The molecule has 0 rings (SSSR count). The maximum atomic E-state index is 10.9. The van der Waals surface area contributed by atoms with E-state index in [-0.39, 0.29) is 5.17 Å². The van der Waals surface area contributed by atoms with E-state index in [1.165, 1.54) is 24.6 Å². The van der Waals surface area contributed by atoms with Crippen molar-refractivity contribution in [3.63, 3.8) is 0 Å². The van der Waals surface area contributed by atoms with Gasteiger partial charge in [0.1, 0.15) is 0 Å². The van der Waals surface area contributed by atoms with Crippen molar-refractivity contribution in [2.24, 2.45) is 10.7 Å². The van der Waals surface area contributed by atoms with Crippen LogP contribution in [-0.4, -0.2) is 24.1 Å². The van der Waals surface area contributed by atoms with Gasteiger partial charge >= 0.3 is 6.09 Å². The molecule has 0 aromatic carbocycles. The smallest absolute Gasteiger partial charge is 0.436 e. The van der Waals surface area contributed by atoms with E-state index >= 15 is 0 Å². The lowest BCUT2D eigenvalue weighted by atomic mass is 10.2. The molecule has 0 aliphatic heterocycles. The van der Waals surface area contributed by atoms with Crippen molar-refractivity contribution < 1.29 is 9.53 Å². The number of hydrogen-bond acceptors (Lipinski definition) is 3. The van der Waals surface area contributed by atoms with Crippen LogP contribution in [0.2, 0.25) is 0 Å². The fourth-order valence-corrected chi connectivity index (χ4v) is 1.02. The summed E-state index contributed by atoms with van der Waals surface area (Å²) < 4.78 is 4.84. The molecule has 0 aromatic heterocycles. The number of carbonyl (C=O) groups excluding carboxylic acids is 1. The Bertz CT molecular complexity index is 195. The average Bonchev–Trinajstić information content (AvgIpc) is 2.17. The van der Waals surface area contributed by atoms with Gasteiger partial charge < -0.3 is 10.5 Å². The van der Waals surface area contributed by atoms with Crippen molar-refractivity contribution in [3.8, 4) is 0 Å². The van der Waals surface area contributed by atoms with Crippen LogP contribution in [0.5, 0.6) is 0 Å². The Morgan fingerprint density at radius 1 is 1.43 bits per heavy atom. The highest BCUT2D eigenvalue weighted by Gasteiger charge is 2.00. The van der Waals surface area contributed by atoms with Crippen molar-refractivity contribution in [3.05, 3.63) is 0 Å². The van der Waals surface area contributed by atoms with Crippen LogP contribution >= 0.6 is 11.8 Å². The topological polar surface area (TPSA) is 64.7 Å². The number of amides is 1. The summed E-state index contributed by atoms with van der Waals surface area (Å²) in [5, 5.41) is 0.239. The van der Waals surface area contributed by atoms with Crippen LogP contribution in [0.15, 0.2) is 4.99 Å². The Morgan fingerprint density at radius 2 is 2.14 bits per heavy atom. The Hall–Kier alpha value is -0.710. The Morgan fingerprint density at radius 3 is 2.71 bits per heavy atom. The quantitative estimate of drug-likeness (QED) is 0.437. The highest BCUT2D eigenvalue weighted by Crippen LogP contribution is 2.00. The predicted molar refractivity (Wildman–Crippen MR) is 60.6 cm³/mol. The number of rotatable bonds is 5. The third-order valence-corrected chi connectivity index (χ3v) is 2.14. The molecule has 14 heavy (non-hydrogen) atoms. The molecule has 0 radical (unpaired) electrons. The summed E-state index contributed by atoms with van der Waals surface area (Å²) in [7, 11) is 0. The van der Waals surface area contributed by atoms with E-state index < -0.39 is 6.09 Å². The second kappa shape index (κ2) is 8.87. The Kier molecular flexibility index (Phi) is 8.42. The van der Waals surface area contributed by atoms with Gasteiger partial charge in [0.05, 0.1) is 6.61 Å². The number of nitrogens with two attached hydrogens (primary N) is 1. The molecular weight excluding hydrogens is 200 g/mol. The zero-order valence-corrected chi connectivity index (χ0v) is 9.60. The van der Waals surface area contributed by atoms with E-state index in [1.54, 1.807) is 6.26 Å². The SMILES string of the molecule is CCCCCCOC(=O)N=C(N)SC. The third-order valence-electron chi connectivity index (χ3n) is 1.63. The van der Waals surface area contributed by atoms with E-state index in [0.29, 0.717) is 6.61 Å². The number of amidine groups is 1. The summed E-state index contributed by atoms with van der Waals surface area (Å²) in [6.45, 7) is 2.57. The number of carbonyl (C=O) groups is 1. The molecule has 0 saturated heterocycles. The number of ether oxygens (including phenoxy) is 1. The molecule has 0 bridgehead atoms. The highest BCUT2D eigenvalue weighted by atomic mass is 32.2. The zero-order chi connectivity index (χ0) is 10.8. The monoisotopic (exact) mass is 218 g/mol. The minimum absolute atomic E-state index is 0.239. The summed E-state index contributed by atoms with van der Waals surface area (Å²) in [6, 6.07) is 0. The fraction of sp³-hybridized carbons (Fsp3) is 0.778. The van der Waals surface area contributed by atoms with E-state index in [4.69, 9.17) is 10.5 Å². The molecule has 0 aliphatic rings. The molecule has 0 aromatic rings. The van der Waals surface area contributed by atoms with E-state index in [0.717, 1.165) is 12.8 Å². The molecule has 4 nitrogen and oxygen atoms in total. The second-order valence-electron chi connectivity index (χ2n) is 2.83. The molecule has 0 unspecified atom stereocenters. The van der Waals surface area contributed by atoms with Crippen LogP contribution in [0.4, 0.5) is 4.79 Å². The van der Waals surface area contributed by atoms with Gasteiger partial charge in [0.2, 0.25) is 0 Å². The summed E-state index contributed by atoms with van der Waals surface area (Å²) in [6.07, 6.45) is 5.50. The lowest BCUT2D eigenvalue weighted by molar-refractivity contribution is 0.155. The Labute approximate surface area is 89.3 Å². The molecule has 2 N–H and O–H groups in total. The number of aliphatic imine (C=N–C) groups is 1. The molecule has 0 saturated carbocycles. The Balaban J connectivity index is 3.45. The summed E-state index contributed by atoms with van der Waals surface area (Å²) in [5.74, 6) is 0. The van der Waals surface area contributed by atoms with Gasteiger partial charge in [-0.1, -0.05) is 37.9 Å². The van der Waals surface area contributed by atoms with Gasteiger partial charge in [0, 0.05) is 0 Å². The number of thioether (sulfide) groups is 1. The first kappa shape index (κ1) is 13.3. The first-order chi connectivity index (χ1) is 6.70. The largest absolute Gasteiger partial charge is 0.448 e. The molecule has 82 valence electrons. The molecule has 5 heteroatoms. The molecule has 0 fully saturated rings. The molecule has 0 aliphatic carbocycles. The van der Waals surface area contributed by atoms with Crippen LogP contribution in [0.3, 0.4) is 0 Å². The van der Waals surface area contributed by atoms with E-state index in [2.05, 4.69) is 11.9 Å². The average molecular weight is 218 g/mol. The summed E-state index contributed by atoms with van der Waals surface area (Å²) >= 11 is 1.23. The first-order valence-electron chi connectivity index (χ1n) is 4.75. The van der Waals surface area contributed by atoms with Crippen LogP contribution in [0.1, 0.15) is 32.6 Å². The van der Waals surface area contributed by atoms with Crippen LogP contribution in [0.25, 0.3) is 0 Å². The number of hydrogen-bond donors (Lipinski definition) is 1. The van der Waals surface area contributed by atoms with Gasteiger partial charge in [-0.05, 0) is 12.7 Å². The summed E-state index contributed by atoms with van der Waals surface area (Å²) in [5.41, 5.74) is 5.34. The molecule has 0 atom stereocenters. The van der Waals surface area contributed by atoms with Crippen LogP contribution in [-0.2, 0) is 4.74 Å². The lowest BCUT2D eigenvalue weighted by Crippen LogP contribution is -2.10. The first-order valence-corrected chi connectivity index (χ1v) is 5.98. The van der Waals surface area contributed by atoms with Crippen molar-refractivity contribution >= 4 is 23.0 Å². The maximum absolute atomic E-state index is 10.9. The van der Waals surface area contributed by atoms with Crippen LogP contribution in [0, 0.1) is 0 Å². The van der Waals surface area contributed by atoms with E-state index in [1.807, 2.05) is 0 Å². The minimum Gasteiger partial charge on any atom is -0.448 e. The maximum Gasteiger partial charge on any atom is 0.436 e.